The van der Waals surface area contributed by atoms with Gasteiger partial charge in [0.25, 0.3) is 0 Å². The lowest BCUT2D eigenvalue weighted by atomic mass is 9.70. The van der Waals surface area contributed by atoms with Crippen molar-refractivity contribution in [2.75, 3.05) is 6.61 Å². The molecule has 2 aliphatic carbocycles. The van der Waals surface area contributed by atoms with Gasteiger partial charge in [0.05, 0.1) is 6.10 Å². The van der Waals surface area contributed by atoms with Crippen LogP contribution in [0, 0.1) is 17.8 Å². The van der Waals surface area contributed by atoms with Gasteiger partial charge in [0.1, 0.15) is 0 Å². The molecular formula is C27H53O3Si. The number of ether oxygens (including phenoxy) is 1. The summed E-state index contributed by atoms with van der Waals surface area (Å²) >= 11 is 0. The van der Waals surface area contributed by atoms with Gasteiger partial charge in [-0.1, -0.05) is 51.9 Å². The van der Waals surface area contributed by atoms with Crippen molar-refractivity contribution in [3.8, 4) is 0 Å². The molecule has 31 heavy (non-hydrogen) atoms. The first-order valence-electron chi connectivity index (χ1n) is 13.8. The van der Waals surface area contributed by atoms with Crippen LogP contribution in [0.3, 0.4) is 0 Å². The van der Waals surface area contributed by atoms with Crippen LogP contribution in [0.1, 0.15) is 125 Å². The molecule has 0 amide bonds. The number of hydrogen-bond acceptors (Lipinski definition) is 3. The SMILES string of the molecule is CCCCCCC1CCC(C2CCC(OCCC[Si](OC(C)C)OC(C)C)CC2)CC1. The Kier molecular flexibility index (Phi) is 14.0. The molecule has 3 nitrogen and oxygen atoms in total. The van der Waals surface area contributed by atoms with Gasteiger partial charge >= 0.3 is 9.28 Å². The third kappa shape index (κ3) is 11.7. The van der Waals surface area contributed by atoms with E-state index in [4.69, 9.17) is 13.6 Å². The lowest BCUT2D eigenvalue weighted by Gasteiger charge is -2.38. The first-order chi connectivity index (χ1) is 15.0. The molecule has 1 radical (unpaired) electrons. The molecule has 2 fully saturated rings. The van der Waals surface area contributed by atoms with Crippen LogP contribution in [0.25, 0.3) is 0 Å². The Morgan fingerprint density at radius 3 is 1.84 bits per heavy atom. The van der Waals surface area contributed by atoms with Crippen molar-refractivity contribution in [2.24, 2.45) is 17.8 Å². The van der Waals surface area contributed by atoms with Crippen molar-refractivity contribution < 1.29 is 13.6 Å². The van der Waals surface area contributed by atoms with Crippen molar-refractivity contribution in [1.29, 1.82) is 0 Å². The first-order valence-corrected chi connectivity index (χ1v) is 15.3. The van der Waals surface area contributed by atoms with Crippen LogP contribution in [-0.4, -0.2) is 34.2 Å². The van der Waals surface area contributed by atoms with E-state index >= 15 is 0 Å². The predicted molar refractivity (Wildman–Crippen MR) is 134 cm³/mol. The van der Waals surface area contributed by atoms with Gasteiger partial charge in [-0.25, -0.2) is 0 Å². The highest BCUT2D eigenvalue weighted by Crippen LogP contribution is 2.41. The zero-order valence-corrected chi connectivity index (χ0v) is 22.5. The van der Waals surface area contributed by atoms with Crippen molar-refractivity contribution >= 4 is 9.28 Å². The summed E-state index contributed by atoms with van der Waals surface area (Å²) in [5.74, 6) is 3.03. The fourth-order valence-corrected chi connectivity index (χ4v) is 7.45. The molecule has 2 rings (SSSR count). The molecule has 0 N–H and O–H groups in total. The second kappa shape index (κ2) is 15.8. The highest BCUT2D eigenvalue weighted by Gasteiger charge is 2.31. The van der Waals surface area contributed by atoms with Crippen molar-refractivity contribution in [3.63, 3.8) is 0 Å². The van der Waals surface area contributed by atoms with E-state index in [1.165, 1.54) is 83.5 Å². The Balaban J connectivity index is 1.54. The van der Waals surface area contributed by atoms with Crippen LogP contribution in [0.4, 0.5) is 0 Å². The fraction of sp³-hybridized carbons (Fsp3) is 1.00. The highest BCUT2D eigenvalue weighted by atomic mass is 28.3. The Labute approximate surface area is 196 Å². The van der Waals surface area contributed by atoms with E-state index in [0.29, 0.717) is 6.10 Å². The molecule has 0 heterocycles. The third-order valence-electron chi connectivity index (χ3n) is 7.36. The van der Waals surface area contributed by atoms with Gasteiger partial charge in [-0.3, -0.25) is 0 Å². The Morgan fingerprint density at radius 1 is 0.710 bits per heavy atom. The smallest absolute Gasteiger partial charge is 0.385 e. The van der Waals surface area contributed by atoms with Crippen molar-refractivity contribution in [3.05, 3.63) is 0 Å². The number of unbranched alkanes of at least 4 members (excludes halogenated alkanes) is 3. The van der Waals surface area contributed by atoms with Gasteiger partial charge in [-0.05, 0) is 96.4 Å². The number of hydrogen-bond donors (Lipinski definition) is 0. The Morgan fingerprint density at radius 2 is 1.29 bits per heavy atom. The topological polar surface area (TPSA) is 27.7 Å². The quantitative estimate of drug-likeness (QED) is 0.185. The zero-order chi connectivity index (χ0) is 22.5. The summed E-state index contributed by atoms with van der Waals surface area (Å²) in [6, 6.07) is 1.03. The largest absolute Gasteiger partial charge is 0.391 e. The zero-order valence-electron chi connectivity index (χ0n) is 21.5. The second-order valence-corrected chi connectivity index (χ2v) is 12.6. The van der Waals surface area contributed by atoms with Gasteiger partial charge in [0.2, 0.25) is 0 Å². The van der Waals surface area contributed by atoms with Crippen LogP contribution in [0.5, 0.6) is 0 Å². The van der Waals surface area contributed by atoms with Gasteiger partial charge in [-0.15, -0.1) is 0 Å². The molecule has 0 aromatic heterocycles. The van der Waals surface area contributed by atoms with E-state index in [0.717, 1.165) is 36.8 Å². The molecule has 2 saturated carbocycles. The monoisotopic (exact) mass is 453 g/mol. The lowest BCUT2D eigenvalue weighted by molar-refractivity contribution is 0.00628. The summed E-state index contributed by atoms with van der Waals surface area (Å²) in [6.07, 6.45) is 20.7. The maximum atomic E-state index is 6.27. The maximum absolute atomic E-state index is 6.27. The van der Waals surface area contributed by atoms with Crippen LogP contribution in [0.15, 0.2) is 0 Å². The minimum absolute atomic E-state index is 0.250. The van der Waals surface area contributed by atoms with E-state index in [2.05, 4.69) is 34.6 Å². The maximum Gasteiger partial charge on any atom is 0.385 e. The molecule has 0 atom stereocenters. The summed E-state index contributed by atoms with van der Waals surface area (Å²) < 4.78 is 18.3. The molecule has 0 aromatic carbocycles. The van der Waals surface area contributed by atoms with E-state index in [9.17, 15) is 0 Å². The average molecular weight is 454 g/mol. The molecule has 2 aliphatic rings. The minimum Gasteiger partial charge on any atom is -0.391 e. The predicted octanol–water partition coefficient (Wildman–Crippen LogP) is 8.07. The summed E-state index contributed by atoms with van der Waals surface area (Å²) in [6.45, 7) is 11.6. The molecule has 0 unspecified atom stereocenters. The van der Waals surface area contributed by atoms with Crippen molar-refractivity contribution in [1.82, 2.24) is 0 Å². The molecule has 0 aliphatic heterocycles. The van der Waals surface area contributed by atoms with E-state index in [1.807, 2.05) is 0 Å². The van der Waals surface area contributed by atoms with Crippen molar-refractivity contribution in [2.45, 2.75) is 149 Å². The van der Waals surface area contributed by atoms with Crippen LogP contribution in [-0.2, 0) is 13.6 Å². The summed E-state index contributed by atoms with van der Waals surface area (Å²) in [5.41, 5.74) is 0. The standard InChI is InChI=1S/C27H53O3Si/c1-6-7-8-9-11-24-12-14-25(15-13-24)26-16-18-27(19-17-26)28-20-10-21-31(29-22(2)3)30-23(4)5/h22-27H,6-21H2,1-5H3. The number of rotatable bonds is 15. The van der Waals surface area contributed by atoms with E-state index in [1.54, 1.807) is 0 Å². The molecule has 0 saturated heterocycles. The van der Waals surface area contributed by atoms with Gasteiger partial charge in [0.15, 0.2) is 0 Å². The normalized spacial score (nSPS) is 27.5. The van der Waals surface area contributed by atoms with E-state index in [-0.39, 0.29) is 12.2 Å². The minimum atomic E-state index is -1.16. The van der Waals surface area contributed by atoms with Crippen LogP contribution < -0.4 is 0 Å². The average Bonchev–Trinajstić information content (AvgIpc) is 2.74. The Hall–Kier alpha value is 0.0969. The Bertz CT molecular complexity index is 416. The van der Waals surface area contributed by atoms with Gasteiger partial charge in [-0.2, -0.15) is 0 Å². The summed E-state index contributed by atoms with van der Waals surface area (Å²) in [5, 5.41) is 0. The first kappa shape index (κ1) is 27.3. The molecule has 0 aromatic rings. The summed E-state index contributed by atoms with van der Waals surface area (Å²) in [7, 11) is -1.16. The van der Waals surface area contributed by atoms with Crippen LogP contribution in [0.2, 0.25) is 6.04 Å². The van der Waals surface area contributed by atoms with E-state index < -0.39 is 9.28 Å². The van der Waals surface area contributed by atoms with Crippen LogP contribution >= 0.6 is 0 Å². The highest BCUT2D eigenvalue weighted by molar-refractivity contribution is 6.44. The van der Waals surface area contributed by atoms with Gasteiger partial charge < -0.3 is 13.6 Å². The van der Waals surface area contributed by atoms with Gasteiger partial charge in [0, 0.05) is 18.8 Å². The third-order valence-corrected chi connectivity index (χ3v) is 9.59. The lowest BCUT2D eigenvalue weighted by Crippen LogP contribution is -2.30. The second-order valence-electron chi connectivity index (χ2n) is 10.8. The summed E-state index contributed by atoms with van der Waals surface area (Å²) in [4.78, 5) is 0. The molecule has 183 valence electrons. The molecule has 4 heteroatoms. The molecular weight excluding hydrogens is 400 g/mol. The molecule has 0 bridgehead atoms. The molecule has 0 spiro atoms. The fourth-order valence-electron chi connectivity index (χ4n) is 5.67.